The molecule has 6 nitrogen and oxygen atoms in total. The number of nitrogens with zero attached hydrogens (tertiary/aromatic N) is 4. The second-order valence-corrected chi connectivity index (χ2v) is 5.16. The Balaban J connectivity index is 2.01. The number of anilines is 1. The van der Waals surface area contributed by atoms with Gasteiger partial charge in [0.15, 0.2) is 5.65 Å². The predicted molar refractivity (Wildman–Crippen MR) is 79.5 cm³/mol. The molecular weight excluding hydrogens is 278 g/mol. The third-order valence-electron chi connectivity index (χ3n) is 3.48. The Morgan fingerprint density at radius 1 is 1.40 bits per heavy atom. The van der Waals surface area contributed by atoms with Crippen molar-refractivity contribution < 1.29 is 4.74 Å². The number of ether oxygens (including phenoxy) is 1. The lowest BCUT2D eigenvalue weighted by Gasteiger charge is -2.29. The van der Waals surface area contributed by atoms with Gasteiger partial charge in [-0.25, -0.2) is 9.97 Å². The smallest absolute Gasteiger partial charge is 0.163 e. The van der Waals surface area contributed by atoms with E-state index in [0.29, 0.717) is 5.15 Å². The second-order valence-electron chi connectivity index (χ2n) is 4.78. The molecule has 0 unspecified atom stereocenters. The Hall–Kier alpha value is -1.37. The SMILES string of the molecule is CNCCn1cnc2c(N3CCOCC3)cc(Cl)nc21. The molecule has 0 aromatic carbocycles. The molecule has 0 amide bonds. The Labute approximate surface area is 122 Å². The van der Waals surface area contributed by atoms with Crippen LogP contribution in [0, 0.1) is 0 Å². The van der Waals surface area contributed by atoms with Crippen LogP contribution < -0.4 is 10.2 Å². The Morgan fingerprint density at radius 2 is 2.20 bits per heavy atom. The van der Waals surface area contributed by atoms with Crippen LogP contribution in [0.3, 0.4) is 0 Å². The van der Waals surface area contributed by atoms with Crippen LogP contribution in [0.15, 0.2) is 12.4 Å². The van der Waals surface area contributed by atoms with Gasteiger partial charge in [0.25, 0.3) is 0 Å². The molecule has 1 aliphatic rings. The lowest BCUT2D eigenvalue weighted by atomic mass is 10.3. The first-order chi connectivity index (χ1) is 9.79. The van der Waals surface area contributed by atoms with Crippen LogP contribution in [-0.4, -0.2) is 54.4 Å². The first-order valence-corrected chi connectivity index (χ1v) is 7.16. The van der Waals surface area contributed by atoms with Gasteiger partial charge in [-0.1, -0.05) is 11.6 Å². The predicted octanol–water partition coefficient (Wildman–Crippen LogP) is 1.14. The maximum Gasteiger partial charge on any atom is 0.163 e. The maximum atomic E-state index is 6.18. The highest BCUT2D eigenvalue weighted by Crippen LogP contribution is 2.28. The number of hydrogen-bond acceptors (Lipinski definition) is 5. The summed E-state index contributed by atoms with van der Waals surface area (Å²) in [6, 6.07) is 1.89. The first kappa shape index (κ1) is 13.6. The third kappa shape index (κ3) is 2.59. The summed E-state index contributed by atoms with van der Waals surface area (Å²) in [7, 11) is 1.93. The summed E-state index contributed by atoms with van der Waals surface area (Å²) in [5, 5.41) is 3.63. The topological polar surface area (TPSA) is 55.2 Å². The van der Waals surface area contributed by atoms with E-state index in [0.717, 1.165) is 56.2 Å². The monoisotopic (exact) mass is 295 g/mol. The molecule has 1 saturated heterocycles. The number of rotatable bonds is 4. The van der Waals surface area contributed by atoms with Crippen molar-refractivity contribution in [1.82, 2.24) is 19.9 Å². The van der Waals surface area contributed by atoms with Crippen molar-refractivity contribution in [1.29, 1.82) is 0 Å². The van der Waals surface area contributed by atoms with Crippen molar-refractivity contribution in [3.05, 3.63) is 17.5 Å². The van der Waals surface area contributed by atoms with E-state index in [2.05, 4.69) is 20.2 Å². The first-order valence-electron chi connectivity index (χ1n) is 6.78. The second kappa shape index (κ2) is 5.95. The number of pyridine rings is 1. The van der Waals surface area contributed by atoms with Crippen LogP contribution in [0.5, 0.6) is 0 Å². The zero-order valence-electron chi connectivity index (χ0n) is 11.5. The summed E-state index contributed by atoms with van der Waals surface area (Å²) in [6.45, 7) is 4.89. The van der Waals surface area contributed by atoms with E-state index < -0.39 is 0 Å². The zero-order valence-corrected chi connectivity index (χ0v) is 12.2. The molecule has 3 heterocycles. The van der Waals surface area contributed by atoms with Gasteiger partial charge in [0.2, 0.25) is 0 Å². The van der Waals surface area contributed by atoms with E-state index >= 15 is 0 Å². The molecule has 1 aliphatic heterocycles. The van der Waals surface area contributed by atoms with Crippen molar-refractivity contribution >= 4 is 28.5 Å². The van der Waals surface area contributed by atoms with Gasteiger partial charge in [-0.3, -0.25) is 0 Å². The van der Waals surface area contributed by atoms with Crippen molar-refractivity contribution in [2.75, 3.05) is 44.8 Å². The molecule has 0 atom stereocenters. The molecule has 0 aliphatic carbocycles. The minimum atomic E-state index is 0.505. The number of hydrogen-bond donors (Lipinski definition) is 1. The molecule has 0 radical (unpaired) electrons. The summed E-state index contributed by atoms with van der Waals surface area (Å²) in [4.78, 5) is 11.2. The van der Waals surface area contributed by atoms with Gasteiger partial charge in [0.05, 0.1) is 25.2 Å². The van der Waals surface area contributed by atoms with Crippen molar-refractivity contribution in [3.8, 4) is 0 Å². The minimum Gasteiger partial charge on any atom is -0.378 e. The zero-order chi connectivity index (χ0) is 13.9. The molecule has 2 aromatic rings. The summed E-state index contributed by atoms with van der Waals surface area (Å²) in [5.41, 5.74) is 2.80. The molecule has 20 heavy (non-hydrogen) atoms. The molecule has 1 N–H and O–H groups in total. The van der Waals surface area contributed by atoms with Crippen molar-refractivity contribution in [2.45, 2.75) is 6.54 Å². The van der Waals surface area contributed by atoms with Gasteiger partial charge in [0.1, 0.15) is 10.7 Å². The Morgan fingerprint density at radius 3 is 2.95 bits per heavy atom. The number of aromatic nitrogens is 3. The highest BCUT2D eigenvalue weighted by atomic mass is 35.5. The van der Waals surface area contributed by atoms with Crippen molar-refractivity contribution in [2.24, 2.45) is 0 Å². The van der Waals surface area contributed by atoms with Gasteiger partial charge in [0, 0.05) is 32.2 Å². The molecule has 2 aromatic heterocycles. The van der Waals surface area contributed by atoms with Crippen LogP contribution >= 0.6 is 11.6 Å². The Bertz CT molecular complexity index is 594. The molecule has 108 valence electrons. The molecule has 1 fully saturated rings. The number of likely N-dealkylation sites (N-methyl/N-ethyl adjacent to an activating group) is 1. The van der Waals surface area contributed by atoms with Gasteiger partial charge >= 0.3 is 0 Å². The Kier molecular flexibility index (Phi) is 4.05. The van der Waals surface area contributed by atoms with Gasteiger partial charge in [-0.05, 0) is 7.05 Å². The molecule has 7 heteroatoms. The largest absolute Gasteiger partial charge is 0.378 e. The summed E-state index contributed by atoms with van der Waals surface area (Å²) >= 11 is 6.18. The molecule has 3 rings (SSSR count). The standard InChI is InChI=1S/C13H18ClN5O/c1-15-2-3-19-9-16-12-10(8-11(14)17-13(12)19)18-4-6-20-7-5-18/h8-9,15H,2-7H2,1H3. The van der Waals surface area contributed by atoms with Gasteiger partial charge in [-0.2, -0.15) is 0 Å². The molecule has 0 spiro atoms. The van der Waals surface area contributed by atoms with Crippen LogP contribution in [-0.2, 0) is 11.3 Å². The average Bonchev–Trinajstić information content (AvgIpc) is 2.88. The normalized spacial score (nSPS) is 16.0. The lowest BCUT2D eigenvalue weighted by Crippen LogP contribution is -2.36. The molecule has 0 saturated carbocycles. The fourth-order valence-electron chi connectivity index (χ4n) is 2.43. The van der Waals surface area contributed by atoms with Crippen molar-refractivity contribution in [3.63, 3.8) is 0 Å². The summed E-state index contributed by atoms with van der Waals surface area (Å²) < 4.78 is 7.43. The van der Waals surface area contributed by atoms with Crippen LogP contribution in [0.25, 0.3) is 11.2 Å². The lowest BCUT2D eigenvalue weighted by molar-refractivity contribution is 0.123. The van der Waals surface area contributed by atoms with Gasteiger partial charge < -0.3 is 19.5 Å². The van der Waals surface area contributed by atoms with E-state index in [1.807, 2.05) is 24.0 Å². The van der Waals surface area contributed by atoms with E-state index in [1.165, 1.54) is 0 Å². The molecular formula is C13H18ClN5O. The number of morpholine rings is 1. The average molecular weight is 296 g/mol. The molecule has 0 bridgehead atoms. The number of fused-ring (bicyclic) bond motifs is 1. The highest BCUT2D eigenvalue weighted by Gasteiger charge is 2.18. The number of halogens is 1. The summed E-state index contributed by atoms with van der Waals surface area (Å²) in [6.07, 6.45) is 1.83. The van der Waals surface area contributed by atoms with Crippen LogP contribution in [0.2, 0.25) is 5.15 Å². The quantitative estimate of drug-likeness (QED) is 0.857. The highest BCUT2D eigenvalue weighted by molar-refractivity contribution is 6.30. The van der Waals surface area contributed by atoms with E-state index in [1.54, 1.807) is 0 Å². The minimum absolute atomic E-state index is 0.505. The van der Waals surface area contributed by atoms with E-state index in [9.17, 15) is 0 Å². The number of nitrogens with one attached hydrogen (secondary N) is 1. The van der Waals surface area contributed by atoms with Crippen LogP contribution in [0.1, 0.15) is 0 Å². The van der Waals surface area contributed by atoms with Crippen LogP contribution in [0.4, 0.5) is 5.69 Å². The number of imidazole rings is 1. The maximum absolute atomic E-state index is 6.18. The fourth-order valence-corrected chi connectivity index (χ4v) is 2.61. The van der Waals surface area contributed by atoms with E-state index in [4.69, 9.17) is 16.3 Å². The third-order valence-corrected chi connectivity index (χ3v) is 3.67. The summed E-state index contributed by atoms with van der Waals surface area (Å²) in [5.74, 6) is 0. The fraction of sp³-hybridized carbons (Fsp3) is 0.538. The van der Waals surface area contributed by atoms with Gasteiger partial charge in [-0.15, -0.1) is 0 Å². The van der Waals surface area contributed by atoms with E-state index in [-0.39, 0.29) is 0 Å².